The number of allylic oxidation sites excluding steroid dienone is 2. The van der Waals surface area contributed by atoms with E-state index in [0.717, 1.165) is 11.3 Å². The van der Waals surface area contributed by atoms with Crippen molar-refractivity contribution in [2.45, 2.75) is 59.7 Å². The average Bonchev–Trinajstić information content (AvgIpc) is 3.36. The van der Waals surface area contributed by atoms with E-state index in [1.54, 1.807) is 38.5 Å². The molecule has 0 unspecified atom stereocenters. The van der Waals surface area contributed by atoms with E-state index < -0.39 is 17.9 Å². The van der Waals surface area contributed by atoms with E-state index in [-0.39, 0.29) is 12.2 Å². The Morgan fingerprint density at radius 2 is 1.49 bits per heavy atom. The molecule has 0 spiro atoms. The molecule has 2 heterocycles. The van der Waals surface area contributed by atoms with Gasteiger partial charge in [0.25, 0.3) is 0 Å². The molecule has 0 saturated heterocycles. The highest BCUT2D eigenvalue weighted by atomic mass is 16.5. The number of dihydropyridines is 1. The zero-order valence-electron chi connectivity index (χ0n) is 24.4. The standard InChI is InChI=1S/C33H37N3O5/c1-8-18-39-26-16-14-24(15-17-26)31-27(19-36(35-31)25-12-10-9-11-13-25)30-28(32(37)40-20(2)3)22(6)34-23(7)29(30)33(38)41-21(4)5/h8-17,19-21,30,34H,1,18H2,2-7H3. The number of rotatable bonds is 10. The van der Waals surface area contributed by atoms with Crippen molar-refractivity contribution in [1.82, 2.24) is 15.1 Å². The molecule has 4 rings (SSSR count). The molecule has 0 atom stereocenters. The second kappa shape index (κ2) is 12.7. The highest BCUT2D eigenvalue weighted by molar-refractivity contribution is 6.00. The van der Waals surface area contributed by atoms with Crippen LogP contribution < -0.4 is 10.1 Å². The van der Waals surface area contributed by atoms with Gasteiger partial charge in [0, 0.05) is 28.7 Å². The zero-order chi connectivity index (χ0) is 29.7. The van der Waals surface area contributed by atoms with E-state index in [0.29, 0.717) is 46.2 Å². The van der Waals surface area contributed by atoms with E-state index in [2.05, 4.69) is 11.9 Å². The molecule has 0 aliphatic carbocycles. The minimum atomic E-state index is -0.794. The fraction of sp³-hybridized carbons (Fsp3) is 0.303. The maximum Gasteiger partial charge on any atom is 0.337 e. The predicted octanol–water partition coefficient (Wildman–Crippen LogP) is 6.24. The number of nitrogens with zero attached hydrogens (tertiary/aromatic N) is 2. The molecule has 2 aromatic carbocycles. The third-order valence-electron chi connectivity index (χ3n) is 6.46. The Bertz CT molecular complexity index is 1440. The number of hydrogen-bond acceptors (Lipinski definition) is 7. The van der Waals surface area contributed by atoms with Gasteiger partial charge in [-0.1, -0.05) is 30.9 Å². The summed E-state index contributed by atoms with van der Waals surface area (Å²) in [5.41, 5.74) is 4.78. The van der Waals surface area contributed by atoms with E-state index in [4.69, 9.17) is 19.3 Å². The highest BCUT2D eigenvalue weighted by Gasteiger charge is 2.41. The van der Waals surface area contributed by atoms with Gasteiger partial charge in [0.2, 0.25) is 0 Å². The lowest BCUT2D eigenvalue weighted by molar-refractivity contribution is -0.143. The van der Waals surface area contributed by atoms with Crippen LogP contribution in [-0.2, 0) is 19.1 Å². The lowest BCUT2D eigenvalue weighted by Gasteiger charge is -2.31. The van der Waals surface area contributed by atoms with Crippen LogP contribution in [-0.4, -0.2) is 40.5 Å². The van der Waals surface area contributed by atoms with E-state index >= 15 is 0 Å². The van der Waals surface area contributed by atoms with Crippen LogP contribution in [0.5, 0.6) is 5.75 Å². The van der Waals surface area contributed by atoms with Crippen LogP contribution in [0, 0.1) is 0 Å². The van der Waals surface area contributed by atoms with Crippen molar-refractivity contribution in [1.29, 1.82) is 0 Å². The normalized spacial score (nSPS) is 13.9. The Kier molecular flexibility index (Phi) is 9.12. The minimum absolute atomic E-state index is 0.333. The van der Waals surface area contributed by atoms with Gasteiger partial charge >= 0.3 is 11.9 Å². The average molecular weight is 556 g/mol. The Balaban J connectivity index is 1.96. The van der Waals surface area contributed by atoms with Crippen molar-refractivity contribution in [3.8, 4) is 22.7 Å². The van der Waals surface area contributed by atoms with Crippen molar-refractivity contribution in [3.05, 3.63) is 102 Å². The van der Waals surface area contributed by atoms with E-state index in [9.17, 15) is 9.59 Å². The van der Waals surface area contributed by atoms with Gasteiger partial charge in [0.15, 0.2) is 0 Å². The maximum absolute atomic E-state index is 13.6. The number of ether oxygens (including phenoxy) is 3. The van der Waals surface area contributed by atoms with Gasteiger partial charge in [0.05, 0.1) is 40.7 Å². The molecule has 1 aliphatic heterocycles. The number of nitrogens with one attached hydrogen (secondary N) is 1. The van der Waals surface area contributed by atoms with Crippen molar-refractivity contribution in [3.63, 3.8) is 0 Å². The first-order valence-corrected chi connectivity index (χ1v) is 13.7. The number of para-hydroxylation sites is 1. The molecular formula is C33H37N3O5. The number of hydrogen-bond donors (Lipinski definition) is 1. The quantitative estimate of drug-likeness (QED) is 0.234. The lowest BCUT2D eigenvalue weighted by atomic mass is 9.79. The zero-order valence-corrected chi connectivity index (χ0v) is 24.4. The van der Waals surface area contributed by atoms with Crippen molar-refractivity contribution < 1.29 is 23.8 Å². The monoisotopic (exact) mass is 555 g/mol. The molecule has 0 bridgehead atoms. The second-order valence-corrected chi connectivity index (χ2v) is 10.4. The maximum atomic E-state index is 13.6. The molecule has 8 heteroatoms. The molecule has 41 heavy (non-hydrogen) atoms. The van der Waals surface area contributed by atoms with Crippen molar-refractivity contribution in [2.75, 3.05) is 6.61 Å². The fourth-order valence-corrected chi connectivity index (χ4v) is 4.80. The van der Waals surface area contributed by atoms with Gasteiger partial charge in [-0.3, -0.25) is 0 Å². The predicted molar refractivity (Wildman–Crippen MR) is 158 cm³/mol. The Morgan fingerprint density at radius 1 is 0.927 bits per heavy atom. The first-order chi connectivity index (χ1) is 19.6. The van der Waals surface area contributed by atoms with Crippen LogP contribution >= 0.6 is 0 Å². The molecule has 0 fully saturated rings. The number of carbonyl (C=O) groups is 2. The smallest absolute Gasteiger partial charge is 0.337 e. The summed E-state index contributed by atoms with van der Waals surface area (Å²) < 4.78 is 18.8. The summed E-state index contributed by atoms with van der Waals surface area (Å²) in [5.74, 6) is -1.13. The van der Waals surface area contributed by atoms with E-state index in [1.807, 2.05) is 74.6 Å². The van der Waals surface area contributed by atoms with Gasteiger partial charge in [-0.2, -0.15) is 5.10 Å². The minimum Gasteiger partial charge on any atom is -0.490 e. The van der Waals surface area contributed by atoms with Crippen molar-refractivity contribution >= 4 is 11.9 Å². The third-order valence-corrected chi connectivity index (χ3v) is 6.46. The highest BCUT2D eigenvalue weighted by Crippen LogP contribution is 2.43. The molecule has 0 saturated carbocycles. The Morgan fingerprint density at radius 3 is 2.00 bits per heavy atom. The summed E-state index contributed by atoms with van der Waals surface area (Å²) in [4.78, 5) is 27.2. The molecule has 1 aromatic heterocycles. The Hall–Kier alpha value is -4.59. The summed E-state index contributed by atoms with van der Waals surface area (Å²) in [7, 11) is 0. The number of carbonyl (C=O) groups excluding carboxylic acids is 2. The van der Waals surface area contributed by atoms with E-state index in [1.165, 1.54) is 0 Å². The molecule has 8 nitrogen and oxygen atoms in total. The summed E-state index contributed by atoms with van der Waals surface area (Å²) in [5, 5.41) is 8.19. The number of aromatic nitrogens is 2. The molecule has 1 aliphatic rings. The molecule has 0 radical (unpaired) electrons. The summed E-state index contributed by atoms with van der Waals surface area (Å²) >= 11 is 0. The van der Waals surface area contributed by atoms with Gasteiger partial charge in [-0.05, 0) is 77.9 Å². The SMILES string of the molecule is C=CCOc1ccc(-c2nn(-c3ccccc3)cc2C2C(C(=O)OC(C)C)=C(C)NC(C)=C2C(=O)OC(C)C)cc1. The van der Waals surface area contributed by atoms with Gasteiger partial charge < -0.3 is 19.5 Å². The lowest BCUT2D eigenvalue weighted by Crippen LogP contribution is -2.33. The molecular weight excluding hydrogens is 518 g/mol. The summed E-state index contributed by atoms with van der Waals surface area (Å²) in [6.07, 6.45) is 2.85. The van der Waals surface area contributed by atoms with Crippen LogP contribution in [0.25, 0.3) is 16.9 Å². The third kappa shape index (κ3) is 6.60. The second-order valence-electron chi connectivity index (χ2n) is 10.4. The summed E-state index contributed by atoms with van der Waals surface area (Å²) in [6.45, 7) is 14.9. The van der Waals surface area contributed by atoms with Crippen LogP contribution in [0.2, 0.25) is 0 Å². The first-order valence-electron chi connectivity index (χ1n) is 13.7. The number of benzene rings is 2. The molecule has 0 amide bonds. The van der Waals surface area contributed by atoms with Gasteiger partial charge in [-0.15, -0.1) is 0 Å². The van der Waals surface area contributed by atoms with Crippen LogP contribution in [0.4, 0.5) is 0 Å². The largest absolute Gasteiger partial charge is 0.490 e. The molecule has 1 N–H and O–H groups in total. The van der Waals surface area contributed by atoms with Gasteiger partial charge in [-0.25, -0.2) is 14.3 Å². The topological polar surface area (TPSA) is 91.7 Å². The molecule has 214 valence electrons. The first kappa shape index (κ1) is 29.4. The fourth-order valence-electron chi connectivity index (χ4n) is 4.80. The Labute approximate surface area is 241 Å². The van der Waals surface area contributed by atoms with Crippen LogP contribution in [0.1, 0.15) is 53.0 Å². The van der Waals surface area contributed by atoms with Crippen LogP contribution in [0.3, 0.4) is 0 Å². The molecule has 3 aromatic rings. The van der Waals surface area contributed by atoms with Crippen molar-refractivity contribution in [2.24, 2.45) is 0 Å². The number of esters is 2. The summed E-state index contributed by atoms with van der Waals surface area (Å²) in [6, 6.07) is 17.2. The van der Waals surface area contributed by atoms with Crippen LogP contribution in [0.15, 0.2) is 96.0 Å². The van der Waals surface area contributed by atoms with Gasteiger partial charge in [0.1, 0.15) is 12.4 Å².